The molecule has 49 heavy (non-hydrogen) atoms. The Hall–Kier alpha value is -5.06. The van der Waals surface area contributed by atoms with Crippen molar-refractivity contribution in [2.24, 2.45) is 0 Å². The number of carbonyl (C=O) groups is 4. The van der Waals surface area contributed by atoms with Gasteiger partial charge in [0.05, 0.1) is 31.1 Å². The van der Waals surface area contributed by atoms with Gasteiger partial charge in [-0.25, -0.2) is 4.79 Å². The normalized spacial score (nSPS) is 10.9. The molecule has 3 aromatic carbocycles. The zero-order chi connectivity index (χ0) is 35.8. The maximum Gasteiger partial charge on any atom is 0.407 e. The van der Waals surface area contributed by atoms with Gasteiger partial charge in [-0.15, -0.1) is 0 Å². The van der Waals surface area contributed by atoms with E-state index in [0.717, 1.165) is 24.8 Å². The number of amides is 3. The third-order valence-corrected chi connectivity index (χ3v) is 7.14. The van der Waals surface area contributed by atoms with Gasteiger partial charge in [0.1, 0.15) is 17.1 Å². The van der Waals surface area contributed by atoms with E-state index >= 15 is 0 Å². The highest BCUT2D eigenvalue weighted by Gasteiger charge is 2.19. The summed E-state index contributed by atoms with van der Waals surface area (Å²) >= 11 is 0. The fourth-order valence-corrected chi connectivity index (χ4v) is 4.71. The van der Waals surface area contributed by atoms with Crippen molar-refractivity contribution in [1.29, 1.82) is 0 Å². The fraction of sp³-hybridized carbons (Fsp3) is 0.421. The Morgan fingerprint density at radius 2 is 1.51 bits per heavy atom. The number of rotatable bonds is 17. The van der Waals surface area contributed by atoms with Gasteiger partial charge >= 0.3 is 12.1 Å². The van der Waals surface area contributed by atoms with Gasteiger partial charge < -0.3 is 34.5 Å². The number of esters is 1. The summed E-state index contributed by atoms with van der Waals surface area (Å²) in [7, 11) is 1.69. The smallest absolute Gasteiger partial charge is 0.407 e. The van der Waals surface area contributed by atoms with Gasteiger partial charge in [-0.2, -0.15) is 0 Å². The van der Waals surface area contributed by atoms with Crippen molar-refractivity contribution in [3.63, 3.8) is 0 Å². The Morgan fingerprint density at radius 3 is 2.22 bits per heavy atom. The molecule has 2 N–H and O–H groups in total. The summed E-state index contributed by atoms with van der Waals surface area (Å²) in [4.78, 5) is 51.5. The number of nitrogens with zero attached hydrogens (tertiary/aromatic N) is 1. The summed E-state index contributed by atoms with van der Waals surface area (Å²) in [6.45, 7) is 10.6. The summed E-state index contributed by atoms with van der Waals surface area (Å²) in [5.74, 6) is 0.236. The van der Waals surface area contributed by atoms with Crippen molar-refractivity contribution in [3.8, 4) is 11.5 Å². The van der Waals surface area contributed by atoms with E-state index in [9.17, 15) is 19.2 Å². The molecule has 0 fully saturated rings. The lowest BCUT2D eigenvalue weighted by Crippen LogP contribution is -2.33. The molecule has 0 spiro atoms. The topological polar surface area (TPSA) is 132 Å². The first-order valence-corrected chi connectivity index (χ1v) is 16.6. The molecule has 0 radical (unpaired) electrons. The van der Waals surface area contributed by atoms with E-state index in [1.54, 1.807) is 88.2 Å². The fourth-order valence-electron chi connectivity index (χ4n) is 4.71. The van der Waals surface area contributed by atoms with Crippen molar-refractivity contribution in [2.75, 3.05) is 43.6 Å². The molecule has 0 aliphatic rings. The van der Waals surface area contributed by atoms with Gasteiger partial charge in [0.15, 0.2) is 0 Å². The summed E-state index contributed by atoms with van der Waals surface area (Å²) in [6.07, 6.45) is 2.74. The van der Waals surface area contributed by atoms with Crippen LogP contribution in [0.1, 0.15) is 86.1 Å². The van der Waals surface area contributed by atoms with E-state index in [0.29, 0.717) is 66.6 Å². The first-order valence-electron chi connectivity index (χ1n) is 16.6. The second-order valence-electron chi connectivity index (χ2n) is 12.5. The van der Waals surface area contributed by atoms with Crippen molar-refractivity contribution in [3.05, 3.63) is 83.4 Å². The minimum absolute atomic E-state index is 0.186. The number of nitrogens with one attached hydrogen (secondary N) is 2. The largest absolute Gasteiger partial charge is 0.493 e. The van der Waals surface area contributed by atoms with E-state index < -0.39 is 11.7 Å². The second-order valence-corrected chi connectivity index (χ2v) is 12.5. The Labute approximate surface area is 289 Å². The molecule has 264 valence electrons. The predicted octanol–water partition coefficient (Wildman–Crippen LogP) is 7.32. The van der Waals surface area contributed by atoms with Gasteiger partial charge in [0.25, 0.3) is 11.8 Å². The molecule has 0 atom stereocenters. The quantitative estimate of drug-likeness (QED) is 0.112. The SMILES string of the molecule is CCOC(=O)CCCCCOc1cc(C)ccc1N(C)C(=O)c1ccc(NC(=O)c2ccccc2OCCCNC(=O)OC(C)(C)C)cc1. The Morgan fingerprint density at radius 1 is 0.816 bits per heavy atom. The van der Waals surface area contributed by atoms with Crippen LogP contribution in [0.15, 0.2) is 66.7 Å². The first kappa shape index (κ1) is 38.4. The van der Waals surface area contributed by atoms with Crippen LogP contribution < -0.4 is 25.0 Å². The lowest BCUT2D eigenvalue weighted by atomic mass is 10.1. The van der Waals surface area contributed by atoms with Crippen LogP contribution in [0.2, 0.25) is 0 Å². The molecule has 11 nitrogen and oxygen atoms in total. The minimum Gasteiger partial charge on any atom is -0.493 e. The molecule has 3 amide bonds. The minimum atomic E-state index is -0.573. The van der Waals surface area contributed by atoms with E-state index in [1.165, 1.54) is 0 Å². The molecule has 0 heterocycles. The zero-order valence-electron chi connectivity index (χ0n) is 29.4. The molecule has 0 aromatic heterocycles. The molecule has 0 unspecified atom stereocenters. The number of carbonyl (C=O) groups excluding carboxylic acids is 4. The van der Waals surface area contributed by atoms with Gasteiger partial charge in [-0.05, 0) is 114 Å². The molecule has 3 rings (SSSR count). The number of para-hydroxylation sites is 1. The first-order chi connectivity index (χ1) is 23.4. The van der Waals surface area contributed by atoms with Crippen LogP contribution in [0.5, 0.6) is 11.5 Å². The number of ether oxygens (including phenoxy) is 4. The maximum atomic E-state index is 13.5. The maximum absolute atomic E-state index is 13.5. The summed E-state index contributed by atoms with van der Waals surface area (Å²) in [5, 5.41) is 5.55. The van der Waals surface area contributed by atoms with E-state index in [1.807, 2.05) is 25.1 Å². The lowest BCUT2D eigenvalue weighted by molar-refractivity contribution is -0.143. The van der Waals surface area contributed by atoms with Crippen molar-refractivity contribution < 1.29 is 38.1 Å². The van der Waals surface area contributed by atoms with Crippen molar-refractivity contribution in [1.82, 2.24) is 5.32 Å². The summed E-state index contributed by atoms with van der Waals surface area (Å²) in [6, 6.07) is 19.3. The third-order valence-electron chi connectivity index (χ3n) is 7.14. The monoisotopic (exact) mass is 675 g/mol. The van der Waals surface area contributed by atoms with Crippen LogP contribution >= 0.6 is 0 Å². The molecule has 0 bridgehead atoms. The van der Waals surface area contributed by atoms with Crippen LogP contribution in [0.25, 0.3) is 0 Å². The van der Waals surface area contributed by atoms with Crippen LogP contribution in [-0.2, 0) is 14.3 Å². The molecule has 0 saturated heterocycles. The predicted molar refractivity (Wildman–Crippen MR) is 190 cm³/mol. The highest BCUT2D eigenvalue weighted by molar-refractivity contribution is 6.08. The van der Waals surface area contributed by atoms with Crippen LogP contribution in [-0.4, -0.2) is 62.9 Å². The van der Waals surface area contributed by atoms with Gasteiger partial charge in [-0.3, -0.25) is 14.4 Å². The zero-order valence-corrected chi connectivity index (χ0v) is 29.4. The molecule has 11 heteroatoms. The third kappa shape index (κ3) is 13.2. The van der Waals surface area contributed by atoms with Gasteiger partial charge in [0.2, 0.25) is 0 Å². The number of anilines is 2. The number of unbranched alkanes of at least 4 members (excludes halogenated alkanes) is 2. The van der Waals surface area contributed by atoms with Crippen LogP contribution in [0.4, 0.5) is 16.2 Å². The van der Waals surface area contributed by atoms with Crippen molar-refractivity contribution >= 4 is 35.3 Å². The molecule has 0 aliphatic heterocycles. The van der Waals surface area contributed by atoms with Gasteiger partial charge in [-0.1, -0.05) is 18.2 Å². The standard InChI is InChI=1S/C38H49N3O8/c1-7-46-34(42)16-9-8-12-24-48-33-26-27(2)17-22-31(33)41(6)36(44)28-18-20-29(21-19-28)40-35(43)30-14-10-11-15-32(30)47-25-13-23-39-37(45)49-38(3,4)5/h10-11,14-15,17-22,26H,7-9,12-13,16,23-25H2,1-6H3,(H,39,45)(H,40,43). The number of benzene rings is 3. The molecular formula is C38H49N3O8. The second kappa shape index (κ2) is 19.1. The highest BCUT2D eigenvalue weighted by atomic mass is 16.6. The van der Waals surface area contributed by atoms with Crippen LogP contribution in [0, 0.1) is 6.92 Å². The molecule has 3 aromatic rings. The highest BCUT2D eigenvalue weighted by Crippen LogP contribution is 2.30. The molecule has 0 aliphatic carbocycles. The van der Waals surface area contributed by atoms with Crippen molar-refractivity contribution in [2.45, 2.75) is 72.3 Å². The average molecular weight is 676 g/mol. The number of aryl methyl sites for hydroxylation is 1. The summed E-state index contributed by atoms with van der Waals surface area (Å²) in [5.41, 5.74) is 2.38. The Kier molecular flexibility index (Phi) is 14.9. The van der Waals surface area contributed by atoms with Gasteiger partial charge in [0, 0.05) is 31.3 Å². The molecule has 0 saturated carbocycles. The average Bonchev–Trinajstić information content (AvgIpc) is 3.05. The van der Waals surface area contributed by atoms with E-state index in [2.05, 4.69) is 10.6 Å². The number of hydrogen-bond acceptors (Lipinski definition) is 8. The number of alkyl carbamates (subject to hydrolysis) is 1. The lowest BCUT2D eigenvalue weighted by Gasteiger charge is -2.21. The molecular weight excluding hydrogens is 626 g/mol. The summed E-state index contributed by atoms with van der Waals surface area (Å²) < 4.78 is 22.1. The Balaban J connectivity index is 1.54. The van der Waals surface area contributed by atoms with E-state index in [-0.39, 0.29) is 24.4 Å². The Bertz CT molecular complexity index is 1550. The van der Waals surface area contributed by atoms with E-state index in [4.69, 9.17) is 18.9 Å². The number of hydrogen-bond donors (Lipinski definition) is 2. The van der Waals surface area contributed by atoms with Crippen LogP contribution in [0.3, 0.4) is 0 Å².